The Hall–Kier alpha value is -5.51. The number of carbonyl (C=O) groups excluding carboxylic acids is 7. The number of nitrogens with one attached hydrogen (secondary N) is 2. The van der Waals surface area contributed by atoms with Crippen LogP contribution in [0.25, 0.3) is 11.1 Å². The molecule has 16 heteroatoms. The van der Waals surface area contributed by atoms with E-state index >= 15 is 0 Å². The zero-order valence-corrected chi connectivity index (χ0v) is 27.2. The summed E-state index contributed by atoms with van der Waals surface area (Å²) in [7, 11) is 0. The van der Waals surface area contributed by atoms with Gasteiger partial charge in [-0.3, -0.25) is 24.0 Å². The highest BCUT2D eigenvalue weighted by molar-refractivity contribution is 5.87. The number of esters is 4. The number of nitrogens with two attached hydrogens (primary N) is 1. The molecular formula is C33H37N3O13. The summed E-state index contributed by atoms with van der Waals surface area (Å²) in [5.41, 5.74) is 9.25. The lowest BCUT2D eigenvalue weighted by molar-refractivity contribution is -0.272. The van der Waals surface area contributed by atoms with E-state index < -0.39 is 91.5 Å². The Balaban J connectivity index is 1.54. The molecule has 49 heavy (non-hydrogen) atoms. The van der Waals surface area contributed by atoms with Crippen LogP contribution >= 0.6 is 0 Å². The number of hydrogen-bond acceptors (Lipinski definition) is 13. The molecule has 1 heterocycles. The van der Waals surface area contributed by atoms with Gasteiger partial charge < -0.3 is 44.8 Å². The van der Waals surface area contributed by atoms with Crippen LogP contribution in [-0.2, 0) is 57.2 Å². The number of hydrogen-bond donors (Lipinski definition) is 3. The molecular weight excluding hydrogens is 646 g/mol. The first kappa shape index (κ1) is 36.3. The minimum absolute atomic E-state index is 0.103. The number of amides is 3. The number of primary amides is 1. The lowest BCUT2D eigenvalue weighted by Crippen LogP contribution is -2.67. The third-order valence-electron chi connectivity index (χ3n) is 7.63. The second kappa shape index (κ2) is 16.1. The van der Waals surface area contributed by atoms with Gasteiger partial charge in [0, 0.05) is 33.6 Å². The summed E-state index contributed by atoms with van der Waals surface area (Å²) < 4.78 is 32.6. The van der Waals surface area contributed by atoms with Crippen LogP contribution < -0.4 is 16.4 Å². The molecule has 1 aliphatic carbocycles. The van der Waals surface area contributed by atoms with Gasteiger partial charge in [0.15, 0.2) is 12.2 Å². The molecule has 4 N–H and O–H groups in total. The largest absolute Gasteiger partial charge is 0.463 e. The monoisotopic (exact) mass is 683 g/mol. The molecule has 1 saturated heterocycles. The summed E-state index contributed by atoms with van der Waals surface area (Å²) in [6, 6.07) is 12.2. The highest BCUT2D eigenvalue weighted by atomic mass is 16.7. The fraction of sp³-hybridized carbons (Fsp3) is 0.424. The van der Waals surface area contributed by atoms with Gasteiger partial charge in [0.25, 0.3) is 0 Å². The van der Waals surface area contributed by atoms with E-state index in [0.717, 1.165) is 49.9 Å². The number of alkyl carbamates (subject to hydrolysis) is 1. The third-order valence-corrected chi connectivity index (χ3v) is 7.63. The number of rotatable bonds is 12. The molecule has 1 aliphatic heterocycles. The average Bonchev–Trinajstić information content (AvgIpc) is 3.34. The van der Waals surface area contributed by atoms with Crippen molar-refractivity contribution in [3.63, 3.8) is 0 Å². The molecule has 0 radical (unpaired) electrons. The van der Waals surface area contributed by atoms with E-state index in [-0.39, 0.29) is 12.5 Å². The number of ether oxygens (including phenoxy) is 6. The molecule has 2 aromatic carbocycles. The van der Waals surface area contributed by atoms with Crippen molar-refractivity contribution in [1.29, 1.82) is 0 Å². The molecule has 3 amide bonds. The van der Waals surface area contributed by atoms with E-state index in [2.05, 4.69) is 10.6 Å². The summed E-state index contributed by atoms with van der Waals surface area (Å²) in [5.74, 6) is -5.64. The van der Waals surface area contributed by atoms with Gasteiger partial charge in [-0.05, 0) is 22.3 Å². The summed E-state index contributed by atoms with van der Waals surface area (Å²) in [6.45, 7) is 3.69. The van der Waals surface area contributed by atoms with Gasteiger partial charge in [-0.15, -0.1) is 0 Å². The van der Waals surface area contributed by atoms with Gasteiger partial charge in [-0.2, -0.15) is 0 Å². The SMILES string of the molecule is CC(=O)N[C@H]1[C@H](OC(=O)[C@H](CC(N)=O)NC(=O)OCC2c3ccccc3-c3ccccc32)O[C@H](COC(C)=O)[C@@H](OC(C)=O)[C@@H]1OC(C)=O. The molecule has 4 rings (SSSR count). The van der Waals surface area contributed by atoms with Crippen LogP contribution in [0.4, 0.5) is 4.79 Å². The predicted octanol–water partition coefficient (Wildman–Crippen LogP) is 0.968. The van der Waals surface area contributed by atoms with Gasteiger partial charge >= 0.3 is 30.0 Å². The minimum atomic E-state index is -1.78. The van der Waals surface area contributed by atoms with Crippen LogP contribution in [-0.4, -0.2) is 91.7 Å². The Morgan fingerprint density at radius 3 is 1.86 bits per heavy atom. The molecule has 16 nitrogen and oxygen atoms in total. The third kappa shape index (κ3) is 9.31. The first-order valence-electron chi connectivity index (χ1n) is 15.3. The maximum Gasteiger partial charge on any atom is 0.407 e. The van der Waals surface area contributed by atoms with Crippen molar-refractivity contribution in [3.05, 3.63) is 59.7 Å². The van der Waals surface area contributed by atoms with Crippen molar-refractivity contribution in [1.82, 2.24) is 10.6 Å². The maximum atomic E-state index is 13.5. The second-order valence-electron chi connectivity index (χ2n) is 11.3. The summed E-state index contributed by atoms with van der Waals surface area (Å²) in [6.07, 6.45) is -7.89. The second-order valence-corrected chi connectivity index (χ2v) is 11.3. The molecule has 0 saturated carbocycles. The molecule has 262 valence electrons. The topological polar surface area (TPSA) is 225 Å². The van der Waals surface area contributed by atoms with Crippen LogP contribution in [0.3, 0.4) is 0 Å². The Morgan fingerprint density at radius 1 is 0.755 bits per heavy atom. The molecule has 0 aromatic heterocycles. The van der Waals surface area contributed by atoms with Gasteiger partial charge in [-0.25, -0.2) is 9.59 Å². The molecule has 6 atom stereocenters. The first-order chi connectivity index (χ1) is 23.2. The summed E-state index contributed by atoms with van der Waals surface area (Å²) in [5, 5.41) is 4.74. The zero-order chi connectivity index (χ0) is 35.8. The predicted molar refractivity (Wildman–Crippen MR) is 166 cm³/mol. The van der Waals surface area contributed by atoms with Crippen molar-refractivity contribution in [2.24, 2.45) is 5.73 Å². The number of fused-ring (bicyclic) bond motifs is 3. The van der Waals surface area contributed by atoms with Gasteiger partial charge in [0.1, 0.15) is 31.4 Å². The smallest absolute Gasteiger partial charge is 0.407 e. The Kier molecular flexibility index (Phi) is 11.9. The fourth-order valence-electron chi connectivity index (χ4n) is 5.76. The lowest BCUT2D eigenvalue weighted by Gasteiger charge is -2.44. The van der Waals surface area contributed by atoms with Gasteiger partial charge in [0.2, 0.25) is 18.1 Å². The lowest BCUT2D eigenvalue weighted by atomic mass is 9.96. The highest BCUT2D eigenvalue weighted by Gasteiger charge is 2.52. The normalized spacial score (nSPS) is 21.5. The zero-order valence-electron chi connectivity index (χ0n) is 27.2. The van der Waals surface area contributed by atoms with Crippen LogP contribution in [0, 0.1) is 0 Å². The fourth-order valence-corrected chi connectivity index (χ4v) is 5.76. The van der Waals surface area contributed by atoms with Crippen molar-refractivity contribution in [2.75, 3.05) is 13.2 Å². The molecule has 2 aromatic rings. The van der Waals surface area contributed by atoms with Crippen molar-refractivity contribution in [2.45, 2.75) is 76.7 Å². The van der Waals surface area contributed by atoms with E-state index in [0.29, 0.717) is 0 Å². The van der Waals surface area contributed by atoms with Crippen LogP contribution in [0.2, 0.25) is 0 Å². The summed E-state index contributed by atoms with van der Waals surface area (Å²) in [4.78, 5) is 86.3. The van der Waals surface area contributed by atoms with Crippen LogP contribution in [0.5, 0.6) is 0 Å². The number of benzene rings is 2. The standard InChI is InChI=1S/C33H37N3O13/c1-16(37)35-28-30(47-19(4)40)29(46-18(3)39)26(15-44-17(2)38)48-32(28)49-31(42)25(13-27(34)41)36-33(43)45-14-24-22-11-7-5-9-20(22)21-10-6-8-12-23(21)24/h5-12,24-26,28-30,32H,13-15H2,1-4H3,(H2,34,41)(H,35,37)(H,36,43)/t25-,26+,28+,29+,30+,32-/m0/s1. The van der Waals surface area contributed by atoms with E-state index in [1.165, 1.54) is 0 Å². The van der Waals surface area contributed by atoms with Crippen LogP contribution in [0.15, 0.2) is 48.5 Å². The van der Waals surface area contributed by atoms with Crippen molar-refractivity contribution >= 4 is 41.8 Å². The Labute approximate surface area is 280 Å². The van der Waals surface area contributed by atoms with E-state index in [9.17, 15) is 33.6 Å². The Bertz CT molecular complexity index is 1570. The van der Waals surface area contributed by atoms with Gasteiger partial charge in [-0.1, -0.05) is 48.5 Å². The van der Waals surface area contributed by atoms with Crippen LogP contribution in [0.1, 0.15) is 51.2 Å². The van der Waals surface area contributed by atoms with Gasteiger partial charge in [0.05, 0.1) is 6.42 Å². The maximum absolute atomic E-state index is 13.5. The molecule has 0 spiro atoms. The quantitative estimate of drug-likeness (QED) is 0.210. The average molecular weight is 684 g/mol. The van der Waals surface area contributed by atoms with E-state index in [4.69, 9.17) is 34.2 Å². The molecule has 0 unspecified atom stereocenters. The highest BCUT2D eigenvalue weighted by Crippen LogP contribution is 2.44. The van der Waals surface area contributed by atoms with E-state index in [1.807, 2.05) is 48.5 Å². The van der Waals surface area contributed by atoms with Crippen molar-refractivity contribution < 1.29 is 62.0 Å². The molecule has 1 fully saturated rings. The molecule has 0 bridgehead atoms. The van der Waals surface area contributed by atoms with Crippen molar-refractivity contribution in [3.8, 4) is 11.1 Å². The first-order valence-corrected chi connectivity index (χ1v) is 15.3. The molecule has 2 aliphatic rings. The summed E-state index contributed by atoms with van der Waals surface area (Å²) >= 11 is 0. The van der Waals surface area contributed by atoms with E-state index in [1.54, 1.807) is 0 Å². The Morgan fingerprint density at radius 2 is 1.33 bits per heavy atom. The number of carbonyl (C=O) groups is 7. The minimum Gasteiger partial charge on any atom is -0.463 e.